The number of amides is 1. The van der Waals surface area contributed by atoms with Crippen molar-refractivity contribution in [1.82, 2.24) is 0 Å². The minimum atomic E-state index is -0.105. The Bertz CT molecular complexity index is 746. The molecule has 4 nitrogen and oxygen atoms in total. The molecule has 1 aliphatic heterocycles. The van der Waals surface area contributed by atoms with E-state index >= 15 is 0 Å². The summed E-state index contributed by atoms with van der Waals surface area (Å²) < 4.78 is 11.3. The Morgan fingerprint density at radius 3 is 2.65 bits per heavy atom. The highest BCUT2D eigenvalue weighted by Crippen LogP contribution is 2.28. The lowest BCUT2D eigenvalue weighted by molar-refractivity contribution is 0.0679. The number of hydrogen-bond acceptors (Lipinski definition) is 3. The first-order valence-corrected chi connectivity index (χ1v) is 9.30. The van der Waals surface area contributed by atoms with Gasteiger partial charge < -0.3 is 14.8 Å². The molecule has 4 heteroatoms. The quantitative estimate of drug-likeness (QED) is 0.801. The zero-order valence-electron chi connectivity index (χ0n) is 15.7. The monoisotopic (exact) mass is 353 g/mol. The molecule has 0 radical (unpaired) electrons. The Kier molecular flexibility index (Phi) is 5.94. The number of para-hydroxylation sites is 1. The summed E-state index contributed by atoms with van der Waals surface area (Å²) in [6.45, 7) is 7.66. The van der Waals surface area contributed by atoms with Gasteiger partial charge in [0.1, 0.15) is 12.4 Å². The third-order valence-corrected chi connectivity index (χ3v) is 4.74. The number of carbonyl (C=O) groups excluding carboxylic acids is 1. The maximum atomic E-state index is 12.6. The summed E-state index contributed by atoms with van der Waals surface area (Å²) in [6, 6.07) is 13.4. The summed E-state index contributed by atoms with van der Waals surface area (Å²) in [7, 11) is 0. The Morgan fingerprint density at radius 2 is 2.00 bits per heavy atom. The number of carbonyl (C=O) groups is 1. The third kappa shape index (κ3) is 4.44. The van der Waals surface area contributed by atoms with E-state index in [1.807, 2.05) is 31.2 Å². The predicted molar refractivity (Wildman–Crippen MR) is 104 cm³/mol. The number of benzene rings is 2. The molecular formula is C22H27NO3. The molecule has 2 aromatic rings. The largest absolute Gasteiger partial charge is 0.491 e. The van der Waals surface area contributed by atoms with E-state index < -0.39 is 0 Å². The molecule has 3 rings (SSSR count). The molecule has 0 aliphatic carbocycles. The van der Waals surface area contributed by atoms with Crippen molar-refractivity contribution in [2.75, 3.05) is 18.5 Å². The molecule has 1 fully saturated rings. The normalized spacial score (nSPS) is 16.7. The second-order valence-electron chi connectivity index (χ2n) is 7.12. The minimum absolute atomic E-state index is 0.105. The number of hydrogen-bond donors (Lipinski definition) is 1. The Hall–Kier alpha value is -2.33. The summed E-state index contributed by atoms with van der Waals surface area (Å²) in [5.41, 5.74) is 3.74. The topological polar surface area (TPSA) is 47.6 Å². The van der Waals surface area contributed by atoms with Crippen LogP contribution in [-0.4, -0.2) is 25.2 Å². The van der Waals surface area contributed by atoms with E-state index in [1.54, 1.807) is 12.1 Å². The lowest BCUT2D eigenvalue weighted by Crippen LogP contribution is -2.16. The summed E-state index contributed by atoms with van der Waals surface area (Å²) in [5, 5.41) is 3.07. The molecule has 26 heavy (non-hydrogen) atoms. The summed E-state index contributed by atoms with van der Waals surface area (Å²) in [4.78, 5) is 12.6. The van der Waals surface area contributed by atoms with Crippen molar-refractivity contribution in [2.45, 2.75) is 45.6 Å². The highest BCUT2D eigenvalue weighted by molar-refractivity contribution is 6.05. The van der Waals surface area contributed by atoms with Gasteiger partial charge in [0.2, 0.25) is 0 Å². The van der Waals surface area contributed by atoms with Crippen LogP contribution in [0.25, 0.3) is 0 Å². The number of aryl methyl sites for hydroxylation is 1. The lowest BCUT2D eigenvalue weighted by atomic mass is 9.98. The van der Waals surface area contributed by atoms with E-state index in [4.69, 9.17) is 9.47 Å². The fraction of sp³-hybridized carbons (Fsp3) is 0.409. The summed E-state index contributed by atoms with van der Waals surface area (Å²) in [5.74, 6) is 1.00. The van der Waals surface area contributed by atoms with Crippen LogP contribution in [-0.2, 0) is 4.74 Å². The van der Waals surface area contributed by atoms with Crippen LogP contribution in [0.15, 0.2) is 42.5 Å². The number of ether oxygens (including phenoxy) is 2. The Labute approximate surface area is 155 Å². The highest BCUT2D eigenvalue weighted by atomic mass is 16.5. The number of nitrogens with one attached hydrogen (secondary N) is 1. The van der Waals surface area contributed by atoms with E-state index in [0.717, 1.165) is 42.0 Å². The summed E-state index contributed by atoms with van der Waals surface area (Å²) >= 11 is 0. The fourth-order valence-electron chi connectivity index (χ4n) is 3.20. The molecule has 1 aliphatic rings. The van der Waals surface area contributed by atoms with E-state index in [2.05, 4.69) is 25.2 Å². The molecule has 1 atom stereocenters. The summed E-state index contributed by atoms with van der Waals surface area (Å²) in [6.07, 6.45) is 2.34. The van der Waals surface area contributed by atoms with E-state index in [0.29, 0.717) is 18.1 Å². The van der Waals surface area contributed by atoms with Gasteiger partial charge in [-0.3, -0.25) is 4.79 Å². The molecule has 0 bridgehead atoms. The molecule has 2 aromatic carbocycles. The molecule has 138 valence electrons. The zero-order chi connectivity index (χ0) is 18.5. The van der Waals surface area contributed by atoms with Crippen molar-refractivity contribution in [3.8, 4) is 5.75 Å². The molecule has 1 heterocycles. The van der Waals surface area contributed by atoms with Gasteiger partial charge in [0.05, 0.1) is 6.10 Å². The second kappa shape index (κ2) is 8.37. The van der Waals surface area contributed by atoms with Gasteiger partial charge in [-0.05, 0) is 61.1 Å². The molecule has 0 spiro atoms. The van der Waals surface area contributed by atoms with Gasteiger partial charge in [0.15, 0.2) is 0 Å². The average molecular weight is 353 g/mol. The highest BCUT2D eigenvalue weighted by Gasteiger charge is 2.16. The first-order chi connectivity index (χ1) is 12.5. The Balaban J connectivity index is 1.65. The van der Waals surface area contributed by atoms with Gasteiger partial charge in [-0.2, -0.15) is 0 Å². The van der Waals surface area contributed by atoms with Gasteiger partial charge in [0.25, 0.3) is 5.91 Å². The minimum Gasteiger partial charge on any atom is -0.491 e. The van der Waals surface area contributed by atoms with Crippen LogP contribution in [0.4, 0.5) is 5.69 Å². The van der Waals surface area contributed by atoms with Crippen molar-refractivity contribution in [2.24, 2.45) is 0 Å². The van der Waals surface area contributed by atoms with Crippen LogP contribution in [0.3, 0.4) is 0 Å². The fourth-order valence-corrected chi connectivity index (χ4v) is 3.20. The molecule has 0 saturated carbocycles. The van der Waals surface area contributed by atoms with Crippen LogP contribution in [0, 0.1) is 6.92 Å². The molecule has 0 unspecified atom stereocenters. The zero-order valence-corrected chi connectivity index (χ0v) is 15.7. The second-order valence-corrected chi connectivity index (χ2v) is 7.12. The van der Waals surface area contributed by atoms with Crippen LogP contribution in [0.2, 0.25) is 0 Å². The number of anilines is 1. The van der Waals surface area contributed by atoms with Gasteiger partial charge >= 0.3 is 0 Å². The Morgan fingerprint density at radius 1 is 1.23 bits per heavy atom. The molecule has 1 N–H and O–H groups in total. The van der Waals surface area contributed by atoms with Crippen molar-refractivity contribution in [3.63, 3.8) is 0 Å². The van der Waals surface area contributed by atoms with Gasteiger partial charge in [-0.25, -0.2) is 0 Å². The van der Waals surface area contributed by atoms with Crippen molar-refractivity contribution in [3.05, 3.63) is 59.2 Å². The third-order valence-electron chi connectivity index (χ3n) is 4.74. The maximum absolute atomic E-state index is 12.6. The SMILES string of the molecule is Cc1cccc(C(C)C)c1NC(=O)c1ccc(OC[C@H]2CCCO2)cc1. The predicted octanol–water partition coefficient (Wildman–Crippen LogP) is 4.93. The van der Waals surface area contributed by atoms with Crippen molar-refractivity contribution < 1.29 is 14.3 Å². The standard InChI is InChI=1S/C22H27NO3/c1-15(2)20-8-4-6-16(3)21(20)23-22(24)17-9-11-18(12-10-17)26-14-19-7-5-13-25-19/h4,6,8-12,15,19H,5,7,13-14H2,1-3H3,(H,23,24)/t19-/m1/s1. The van der Waals surface area contributed by atoms with E-state index in [9.17, 15) is 4.79 Å². The van der Waals surface area contributed by atoms with Crippen LogP contribution >= 0.6 is 0 Å². The van der Waals surface area contributed by atoms with Crippen LogP contribution in [0.5, 0.6) is 5.75 Å². The van der Waals surface area contributed by atoms with Crippen molar-refractivity contribution >= 4 is 11.6 Å². The lowest BCUT2D eigenvalue weighted by Gasteiger charge is -2.16. The molecule has 0 aromatic heterocycles. The van der Waals surface area contributed by atoms with E-state index in [1.165, 1.54) is 0 Å². The van der Waals surface area contributed by atoms with Gasteiger partial charge in [-0.1, -0.05) is 32.0 Å². The van der Waals surface area contributed by atoms with Crippen LogP contribution in [0.1, 0.15) is 54.1 Å². The smallest absolute Gasteiger partial charge is 0.255 e. The average Bonchev–Trinajstić information content (AvgIpc) is 3.15. The first-order valence-electron chi connectivity index (χ1n) is 9.30. The van der Waals surface area contributed by atoms with Crippen molar-refractivity contribution in [1.29, 1.82) is 0 Å². The molecular weight excluding hydrogens is 326 g/mol. The maximum Gasteiger partial charge on any atom is 0.255 e. The van der Waals surface area contributed by atoms with Gasteiger partial charge in [0, 0.05) is 17.9 Å². The van der Waals surface area contributed by atoms with E-state index in [-0.39, 0.29) is 12.0 Å². The van der Waals surface area contributed by atoms with Crippen LogP contribution < -0.4 is 10.1 Å². The first kappa shape index (κ1) is 18.5. The van der Waals surface area contributed by atoms with Gasteiger partial charge in [-0.15, -0.1) is 0 Å². The molecule has 1 saturated heterocycles. The number of rotatable bonds is 6. The molecule has 1 amide bonds.